The first-order valence-corrected chi connectivity index (χ1v) is 11.2. The van der Waals surface area contributed by atoms with Gasteiger partial charge < -0.3 is 15.5 Å². The lowest BCUT2D eigenvalue weighted by Crippen LogP contribution is -2.70. The molecular weight excluding hydrogens is 444 g/mol. The van der Waals surface area contributed by atoms with Crippen LogP contribution in [0.2, 0.25) is 0 Å². The largest absolute Gasteiger partial charge is 0.477 e. The number of carbonyl (C=O) groups excluding carboxylic acids is 2. The molecule has 3 atom stereocenters. The molecule has 1 fully saturated rings. The van der Waals surface area contributed by atoms with Crippen LogP contribution in [0.5, 0.6) is 0 Å². The van der Waals surface area contributed by atoms with Crippen molar-refractivity contribution in [3.63, 3.8) is 0 Å². The smallest absolute Gasteiger partial charge is 0.352 e. The molecule has 1 aromatic heterocycles. The van der Waals surface area contributed by atoms with Gasteiger partial charge in [-0.2, -0.15) is 0 Å². The number of amides is 2. The number of aromatic nitrogens is 4. The number of benzene rings is 1. The van der Waals surface area contributed by atoms with Gasteiger partial charge in [-0.25, -0.2) is 9.48 Å². The van der Waals surface area contributed by atoms with Crippen LogP contribution in [0, 0.1) is 0 Å². The van der Waals surface area contributed by atoms with Gasteiger partial charge in [-0.3, -0.25) is 14.5 Å². The van der Waals surface area contributed by atoms with Crippen LogP contribution in [-0.2, 0) is 21.4 Å². The van der Waals surface area contributed by atoms with Crippen LogP contribution in [0.25, 0.3) is 0 Å². The van der Waals surface area contributed by atoms with Gasteiger partial charge in [0, 0.05) is 18.6 Å². The third kappa shape index (κ3) is 4.03. The van der Waals surface area contributed by atoms with E-state index in [4.69, 9.17) is 0 Å². The third-order valence-corrected chi connectivity index (χ3v) is 7.30. The molecule has 4 rings (SSSR count). The fraction of sp³-hybridized carbons (Fsp3) is 0.333. The number of thioether (sulfide) groups is 2. The Morgan fingerprint density at radius 1 is 1.35 bits per heavy atom. The van der Waals surface area contributed by atoms with E-state index in [1.807, 2.05) is 0 Å². The maximum absolute atomic E-state index is 12.7. The monoisotopic (exact) mass is 462 g/mol. The molecule has 3 N–H and O–H groups in total. The van der Waals surface area contributed by atoms with E-state index in [-0.39, 0.29) is 5.70 Å². The van der Waals surface area contributed by atoms with Gasteiger partial charge in [0.2, 0.25) is 5.16 Å². The molecule has 0 bridgehead atoms. The first kappa shape index (κ1) is 21.3. The van der Waals surface area contributed by atoms with Crippen LogP contribution in [0.15, 0.2) is 46.8 Å². The van der Waals surface area contributed by atoms with E-state index in [9.17, 15) is 24.6 Å². The molecule has 31 heavy (non-hydrogen) atoms. The van der Waals surface area contributed by atoms with Gasteiger partial charge in [-0.1, -0.05) is 42.1 Å². The summed E-state index contributed by atoms with van der Waals surface area (Å²) in [6.07, 6.45) is -1.42. The van der Waals surface area contributed by atoms with Crippen molar-refractivity contribution in [3.8, 4) is 0 Å². The Kier molecular flexibility index (Phi) is 5.98. The predicted octanol–water partition coefficient (Wildman–Crippen LogP) is -0.226. The van der Waals surface area contributed by atoms with E-state index in [1.54, 1.807) is 37.4 Å². The quantitative estimate of drug-likeness (QED) is 0.372. The van der Waals surface area contributed by atoms with Gasteiger partial charge in [0.15, 0.2) is 6.10 Å². The van der Waals surface area contributed by atoms with Crippen LogP contribution in [0.1, 0.15) is 11.7 Å². The Bertz CT molecular complexity index is 1060. The predicted molar refractivity (Wildman–Crippen MR) is 111 cm³/mol. The molecule has 2 aromatic rings. The maximum Gasteiger partial charge on any atom is 0.352 e. The van der Waals surface area contributed by atoms with Crippen molar-refractivity contribution in [1.29, 1.82) is 0 Å². The van der Waals surface area contributed by atoms with Crippen molar-refractivity contribution >= 4 is 41.3 Å². The highest BCUT2D eigenvalue weighted by molar-refractivity contribution is 8.01. The summed E-state index contributed by atoms with van der Waals surface area (Å²) in [5, 5.41) is 33.6. The van der Waals surface area contributed by atoms with Gasteiger partial charge in [-0.05, 0) is 21.6 Å². The number of aliphatic hydroxyl groups excluding tert-OH is 1. The average molecular weight is 463 g/mol. The lowest BCUT2D eigenvalue weighted by atomic mass is 10.0. The number of carbonyl (C=O) groups is 3. The van der Waals surface area contributed by atoms with Gasteiger partial charge >= 0.3 is 5.97 Å². The third-order valence-electron chi connectivity index (χ3n) is 4.87. The van der Waals surface area contributed by atoms with Crippen LogP contribution in [-0.4, -0.2) is 76.0 Å². The number of rotatable bonds is 7. The van der Waals surface area contributed by atoms with Crippen LogP contribution >= 0.6 is 23.5 Å². The highest BCUT2D eigenvalue weighted by atomic mass is 32.2. The van der Waals surface area contributed by atoms with E-state index < -0.39 is 35.3 Å². The van der Waals surface area contributed by atoms with E-state index >= 15 is 0 Å². The fourth-order valence-corrected chi connectivity index (χ4v) is 5.64. The zero-order valence-electron chi connectivity index (χ0n) is 16.2. The number of aliphatic carboxylic acids is 1. The van der Waals surface area contributed by atoms with Gasteiger partial charge in [-0.15, -0.1) is 16.9 Å². The first-order valence-electron chi connectivity index (χ1n) is 9.17. The summed E-state index contributed by atoms with van der Waals surface area (Å²) in [5.74, 6) is -1.75. The van der Waals surface area contributed by atoms with Crippen molar-refractivity contribution < 1.29 is 24.6 Å². The van der Waals surface area contributed by atoms with E-state index in [1.165, 1.54) is 33.1 Å². The van der Waals surface area contributed by atoms with E-state index in [2.05, 4.69) is 20.8 Å². The topological polar surface area (TPSA) is 151 Å². The number of aliphatic hydroxyl groups is 1. The maximum atomic E-state index is 12.7. The highest BCUT2D eigenvalue weighted by Crippen LogP contribution is 2.41. The van der Waals surface area contributed by atoms with Crippen molar-refractivity contribution in [2.45, 2.75) is 22.7 Å². The molecule has 3 heterocycles. The SMILES string of the molecule is Cn1nnnc1SCC1=C(C(=O)O)N2C(=O)[C@H](NC(=O)[C@H](O)c3ccccc3)[C@@H]2SC1. The summed E-state index contributed by atoms with van der Waals surface area (Å²) >= 11 is 2.64. The summed E-state index contributed by atoms with van der Waals surface area (Å²) in [6.45, 7) is 0. The second-order valence-corrected chi connectivity index (χ2v) is 8.89. The number of tetrazole rings is 1. The molecule has 0 unspecified atom stereocenters. The summed E-state index contributed by atoms with van der Waals surface area (Å²) in [4.78, 5) is 38.2. The Labute approximate surface area is 184 Å². The molecule has 162 valence electrons. The number of carboxylic acids is 1. The lowest BCUT2D eigenvalue weighted by molar-refractivity contribution is -0.151. The number of β-lactam (4-membered cyclic amide) rings is 1. The Morgan fingerprint density at radius 3 is 2.74 bits per heavy atom. The number of carboxylic acid groups (broad SMARTS) is 1. The van der Waals surface area contributed by atoms with Crippen LogP contribution < -0.4 is 5.32 Å². The Hall–Kier alpha value is -2.90. The Morgan fingerprint density at radius 2 is 2.10 bits per heavy atom. The van der Waals surface area contributed by atoms with Crippen molar-refractivity contribution in [3.05, 3.63) is 47.2 Å². The molecule has 0 radical (unpaired) electrons. The number of hydrogen-bond donors (Lipinski definition) is 3. The Balaban J connectivity index is 1.46. The second-order valence-electron chi connectivity index (χ2n) is 6.84. The molecule has 13 heteroatoms. The zero-order valence-corrected chi connectivity index (χ0v) is 17.8. The van der Waals surface area contributed by atoms with Gasteiger partial charge in [0.25, 0.3) is 11.8 Å². The fourth-order valence-electron chi connectivity index (χ4n) is 3.31. The minimum absolute atomic E-state index is 0.0783. The summed E-state index contributed by atoms with van der Waals surface area (Å²) < 4.78 is 1.48. The van der Waals surface area contributed by atoms with E-state index in [0.717, 1.165) is 0 Å². The average Bonchev–Trinajstić information content (AvgIpc) is 3.19. The normalized spacial score (nSPS) is 21.4. The van der Waals surface area contributed by atoms with Crippen LogP contribution in [0.4, 0.5) is 0 Å². The molecule has 2 aliphatic heterocycles. The number of hydrogen-bond acceptors (Lipinski definition) is 9. The molecule has 0 aliphatic carbocycles. The molecule has 1 aromatic carbocycles. The molecule has 2 aliphatic rings. The van der Waals surface area contributed by atoms with Gasteiger partial charge in [0.1, 0.15) is 17.1 Å². The lowest BCUT2D eigenvalue weighted by Gasteiger charge is -2.49. The van der Waals surface area contributed by atoms with Crippen molar-refractivity contribution in [1.82, 2.24) is 30.4 Å². The molecular formula is C18H18N6O5S2. The highest BCUT2D eigenvalue weighted by Gasteiger charge is 2.54. The summed E-state index contributed by atoms with van der Waals surface area (Å²) in [6, 6.07) is 7.46. The van der Waals surface area contributed by atoms with Gasteiger partial charge in [0.05, 0.1) is 0 Å². The standard InChI is InChI=1S/C18H18N6O5S2/c1-23-18(20-21-22-23)31-8-10-7-30-16-11(15(27)24(16)12(10)17(28)29)19-14(26)13(25)9-5-3-2-4-6-9/h2-6,11,13,16,25H,7-8H2,1H3,(H,19,26)(H,28,29)/t11-,13+,16-/m0/s1. The minimum Gasteiger partial charge on any atom is -0.477 e. The van der Waals surface area contributed by atoms with Crippen LogP contribution in [0.3, 0.4) is 0 Å². The summed E-state index contributed by atoms with van der Waals surface area (Å²) in [7, 11) is 1.68. The molecule has 0 spiro atoms. The second kappa shape index (κ2) is 8.69. The molecule has 0 saturated carbocycles. The number of nitrogens with zero attached hydrogens (tertiary/aromatic N) is 5. The summed E-state index contributed by atoms with van der Waals surface area (Å²) in [5.41, 5.74) is 0.901. The number of aryl methyl sites for hydroxylation is 1. The molecule has 1 saturated heterocycles. The minimum atomic E-state index is -1.42. The number of nitrogens with one attached hydrogen (secondary N) is 1. The first-order chi connectivity index (χ1) is 14.9. The van der Waals surface area contributed by atoms with Crippen molar-refractivity contribution in [2.24, 2.45) is 7.05 Å². The number of fused-ring (bicyclic) bond motifs is 1. The zero-order chi connectivity index (χ0) is 22.1. The molecule has 2 amide bonds. The van der Waals surface area contributed by atoms with E-state index in [0.29, 0.717) is 27.8 Å². The molecule has 11 nitrogen and oxygen atoms in total. The van der Waals surface area contributed by atoms with Crippen molar-refractivity contribution in [2.75, 3.05) is 11.5 Å².